The molecular formula is C17H25BrO4. The Bertz CT molecular complexity index is 490. The van der Waals surface area contributed by atoms with Gasteiger partial charge in [0.25, 0.3) is 0 Å². The third-order valence-electron chi connectivity index (χ3n) is 3.39. The van der Waals surface area contributed by atoms with Crippen LogP contribution in [0.2, 0.25) is 0 Å². The second-order valence-corrected chi connectivity index (χ2v) is 7.09. The Hall–Kier alpha value is -0.780. The molecule has 0 bridgehead atoms. The normalized spacial score (nSPS) is 16.1. The van der Waals surface area contributed by atoms with Crippen molar-refractivity contribution in [3.63, 3.8) is 0 Å². The quantitative estimate of drug-likeness (QED) is 0.634. The van der Waals surface area contributed by atoms with E-state index in [1.54, 1.807) is 0 Å². The van der Waals surface area contributed by atoms with Crippen LogP contribution in [-0.4, -0.2) is 26.3 Å². The lowest BCUT2D eigenvalue weighted by molar-refractivity contribution is -0.143. The molecule has 1 heterocycles. The van der Waals surface area contributed by atoms with Crippen molar-refractivity contribution in [3.05, 3.63) is 22.2 Å². The Morgan fingerprint density at radius 2 is 1.68 bits per heavy atom. The molecule has 4 nitrogen and oxygen atoms in total. The van der Waals surface area contributed by atoms with Crippen LogP contribution in [0.4, 0.5) is 0 Å². The minimum absolute atomic E-state index is 0.162. The molecule has 2 rings (SSSR count). The van der Waals surface area contributed by atoms with Gasteiger partial charge in [0.1, 0.15) is 0 Å². The Labute approximate surface area is 141 Å². The van der Waals surface area contributed by atoms with Gasteiger partial charge in [0.2, 0.25) is 6.79 Å². The fourth-order valence-corrected chi connectivity index (χ4v) is 2.71. The average molecular weight is 373 g/mol. The van der Waals surface area contributed by atoms with Crippen LogP contribution in [0.5, 0.6) is 11.5 Å². The summed E-state index contributed by atoms with van der Waals surface area (Å²) in [4.78, 5) is 0. The van der Waals surface area contributed by atoms with Gasteiger partial charge in [0, 0.05) is 4.47 Å². The van der Waals surface area contributed by atoms with Crippen LogP contribution in [0.15, 0.2) is 16.6 Å². The third kappa shape index (κ3) is 5.14. The summed E-state index contributed by atoms with van der Waals surface area (Å²) in [5.41, 5.74) is 1.20. The molecular weight excluding hydrogens is 348 g/mol. The van der Waals surface area contributed by atoms with E-state index in [4.69, 9.17) is 18.9 Å². The maximum atomic E-state index is 5.77. The lowest BCUT2D eigenvalue weighted by Gasteiger charge is -2.19. The zero-order valence-corrected chi connectivity index (χ0v) is 15.3. The predicted octanol–water partition coefficient (Wildman–Crippen LogP) is 4.39. The predicted molar refractivity (Wildman–Crippen MR) is 89.3 cm³/mol. The zero-order chi connectivity index (χ0) is 16.1. The van der Waals surface area contributed by atoms with Gasteiger partial charge in [-0.15, -0.1) is 0 Å². The van der Waals surface area contributed by atoms with Crippen LogP contribution in [0.25, 0.3) is 0 Å². The summed E-state index contributed by atoms with van der Waals surface area (Å²) < 4.78 is 23.2. The van der Waals surface area contributed by atoms with Crippen LogP contribution >= 0.6 is 15.9 Å². The van der Waals surface area contributed by atoms with Crippen molar-refractivity contribution in [2.24, 2.45) is 11.8 Å². The first kappa shape index (κ1) is 17.6. The highest BCUT2D eigenvalue weighted by molar-refractivity contribution is 9.10. The largest absolute Gasteiger partial charge is 0.454 e. The van der Waals surface area contributed by atoms with Crippen molar-refractivity contribution in [2.75, 3.05) is 20.0 Å². The molecule has 0 spiro atoms. The smallest absolute Gasteiger partial charge is 0.231 e. The topological polar surface area (TPSA) is 36.9 Å². The van der Waals surface area contributed by atoms with Crippen LogP contribution in [0.3, 0.4) is 0 Å². The van der Waals surface area contributed by atoms with Gasteiger partial charge in [-0.1, -0.05) is 36.7 Å². The third-order valence-corrected chi connectivity index (χ3v) is 4.13. The molecule has 124 valence electrons. The molecule has 2 unspecified atom stereocenters. The Morgan fingerprint density at radius 1 is 1.05 bits per heavy atom. The van der Waals surface area contributed by atoms with Gasteiger partial charge in [0.15, 0.2) is 17.8 Å². The standard InChI is InChI=1S/C17H25BrO4/c1-11(2)8-19-13(4)20-9-12(3)5-14-6-16-17(7-15(14)18)22-10-21-16/h6-7,11-13H,5,8-10H2,1-4H3. The van der Waals surface area contributed by atoms with E-state index in [1.807, 2.05) is 19.1 Å². The molecule has 2 atom stereocenters. The number of ether oxygens (including phenoxy) is 4. The van der Waals surface area contributed by atoms with Gasteiger partial charge in [-0.2, -0.15) is 0 Å². The molecule has 1 aromatic rings. The van der Waals surface area contributed by atoms with E-state index in [-0.39, 0.29) is 6.29 Å². The molecule has 5 heteroatoms. The molecule has 0 saturated carbocycles. The van der Waals surface area contributed by atoms with Crippen LogP contribution in [-0.2, 0) is 15.9 Å². The second kappa shape index (κ2) is 8.18. The Morgan fingerprint density at radius 3 is 2.36 bits per heavy atom. The van der Waals surface area contributed by atoms with Crippen molar-refractivity contribution >= 4 is 15.9 Å². The fourth-order valence-electron chi connectivity index (χ4n) is 2.23. The molecule has 1 aliphatic heterocycles. The molecule has 0 amide bonds. The lowest BCUT2D eigenvalue weighted by Crippen LogP contribution is -2.20. The number of hydrogen-bond donors (Lipinski definition) is 0. The first-order valence-corrected chi connectivity index (χ1v) is 8.56. The minimum Gasteiger partial charge on any atom is -0.454 e. The molecule has 0 aliphatic carbocycles. The molecule has 0 radical (unpaired) electrons. The number of rotatable bonds is 8. The van der Waals surface area contributed by atoms with Gasteiger partial charge in [-0.05, 0) is 42.9 Å². The van der Waals surface area contributed by atoms with Gasteiger partial charge < -0.3 is 18.9 Å². The number of benzene rings is 1. The van der Waals surface area contributed by atoms with E-state index in [2.05, 4.69) is 36.7 Å². The van der Waals surface area contributed by atoms with Gasteiger partial charge in [-0.25, -0.2) is 0 Å². The SMILES string of the molecule is CC(C)COC(C)OCC(C)Cc1cc2c(cc1Br)OCO2. The summed E-state index contributed by atoms with van der Waals surface area (Å²) in [5.74, 6) is 2.53. The van der Waals surface area contributed by atoms with Crippen LogP contribution in [0.1, 0.15) is 33.3 Å². The summed E-state index contributed by atoms with van der Waals surface area (Å²) in [6.45, 7) is 10.1. The molecule has 0 fully saturated rings. The summed E-state index contributed by atoms with van der Waals surface area (Å²) in [6.07, 6.45) is 0.749. The summed E-state index contributed by atoms with van der Waals surface area (Å²) in [5, 5.41) is 0. The lowest BCUT2D eigenvalue weighted by atomic mass is 10.0. The van der Waals surface area contributed by atoms with E-state index in [0.717, 1.165) is 29.0 Å². The van der Waals surface area contributed by atoms with Gasteiger partial charge in [0.05, 0.1) is 13.2 Å². The monoisotopic (exact) mass is 372 g/mol. The highest BCUT2D eigenvalue weighted by Gasteiger charge is 2.18. The van der Waals surface area contributed by atoms with Crippen molar-refractivity contribution in [2.45, 2.75) is 40.4 Å². The molecule has 0 N–H and O–H groups in total. The molecule has 1 aliphatic rings. The first-order chi connectivity index (χ1) is 10.5. The van der Waals surface area contributed by atoms with E-state index in [9.17, 15) is 0 Å². The zero-order valence-electron chi connectivity index (χ0n) is 13.7. The first-order valence-electron chi connectivity index (χ1n) is 7.77. The Kier molecular flexibility index (Phi) is 6.53. The van der Waals surface area contributed by atoms with Gasteiger partial charge in [-0.3, -0.25) is 0 Å². The summed E-state index contributed by atoms with van der Waals surface area (Å²) in [7, 11) is 0. The number of hydrogen-bond acceptors (Lipinski definition) is 4. The van der Waals surface area contributed by atoms with E-state index < -0.39 is 0 Å². The minimum atomic E-state index is -0.162. The van der Waals surface area contributed by atoms with Crippen LogP contribution < -0.4 is 9.47 Å². The van der Waals surface area contributed by atoms with E-state index in [0.29, 0.717) is 25.2 Å². The maximum Gasteiger partial charge on any atom is 0.231 e. The highest BCUT2D eigenvalue weighted by Crippen LogP contribution is 2.37. The van der Waals surface area contributed by atoms with Crippen molar-refractivity contribution in [3.8, 4) is 11.5 Å². The number of halogens is 1. The van der Waals surface area contributed by atoms with Crippen molar-refractivity contribution < 1.29 is 18.9 Å². The average Bonchev–Trinajstić information content (AvgIpc) is 2.90. The Balaban J connectivity index is 1.81. The van der Waals surface area contributed by atoms with Gasteiger partial charge >= 0.3 is 0 Å². The molecule has 0 saturated heterocycles. The molecule has 1 aromatic carbocycles. The second-order valence-electron chi connectivity index (χ2n) is 6.23. The fraction of sp³-hybridized carbons (Fsp3) is 0.647. The highest BCUT2D eigenvalue weighted by atomic mass is 79.9. The van der Waals surface area contributed by atoms with Crippen molar-refractivity contribution in [1.29, 1.82) is 0 Å². The van der Waals surface area contributed by atoms with Crippen molar-refractivity contribution in [1.82, 2.24) is 0 Å². The summed E-state index contributed by atoms with van der Waals surface area (Å²) in [6, 6.07) is 4.02. The maximum absolute atomic E-state index is 5.77. The number of fused-ring (bicyclic) bond motifs is 1. The van der Waals surface area contributed by atoms with E-state index in [1.165, 1.54) is 5.56 Å². The molecule has 0 aromatic heterocycles. The molecule has 22 heavy (non-hydrogen) atoms. The van der Waals surface area contributed by atoms with Crippen LogP contribution in [0, 0.1) is 11.8 Å². The summed E-state index contributed by atoms with van der Waals surface area (Å²) >= 11 is 3.60. The van der Waals surface area contributed by atoms with E-state index >= 15 is 0 Å².